The monoisotopic (exact) mass is 1180 g/mol. The number of hydrogen-bond donors (Lipinski definition) is 2. The van der Waals surface area contributed by atoms with Crippen molar-refractivity contribution in [3.05, 3.63) is 36.5 Å². The molecule has 0 saturated heterocycles. The Balaban J connectivity index is 5.00. The molecule has 2 N–H and O–H groups in total. The first-order chi connectivity index (χ1) is 39.9. The lowest BCUT2D eigenvalue weighted by molar-refractivity contribution is -0.870. The smallest absolute Gasteiger partial charge is 0.456 e. The standard InChI is InChI=1S/C72H139N2O7P/c1-7-10-13-16-19-22-25-28-30-32-33-34-35-36-37-38-39-40-41-42-44-47-50-53-56-59-62-65-72(76)81-70(63-60-57-54-51-48-45-27-24-21-18-15-12-9-3)69(68-80-82(77,78)79-67-66-74(4,5)6)73-71(75)64-61-58-55-52-49-46-43-31-29-26-23-20-17-14-11-8-2/h19,22,28,30,60,63,69-70H,7-18,20-21,23-27,29,31-59,61-62,64-68H2,1-6H3,(H-,73,75,77,78)/p+1/b22-19-,30-28-,63-60-. The lowest BCUT2D eigenvalue weighted by Crippen LogP contribution is -2.47. The summed E-state index contributed by atoms with van der Waals surface area (Å²) in [6.45, 7) is 7.05. The second kappa shape index (κ2) is 62.3. The zero-order valence-corrected chi connectivity index (χ0v) is 56.4. The van der Waals surface area contributed by atoms with Crippen LogP contribution in [-0.2, 0) is 27.9 Å². The van der Waals surface area contributed by atoms with Gasteiger partial charge >= 0.3 is 13.8 Å². The van der Waals surface area contributed by atoms with E-state index < -0.39 is 20.0 Å². The van der Waals surface area contributed by atoms with Gasteiger partial charge in [-0.2, -0.15) is 0 Å². The average molecular weight is 1180 g/mol. The number of nitrogens with zero attached hydrogens (tertiary/aromatic N) is 1. The van der Waals surface area contributed by atoms with E-state index in [0.717, 1.165) is 64.2 Å². The predicted molar refractivity (Wildman–Crippen MR) is 356 cm³/mol. The molecule has 0 aromatic rings. The fourth-order valence-corrected chi connectivity index (χ4v) is 11.5. The minimum absolute atomic E-state index is 0.0440. The van der Waals surface area contributed by atoms with Crippen LogP contribution in [0.1, 0.15) is 361 Å². The Morgan fingerprint density at radius 2 is 0.744 bits per heavy atom. The SMILES string of the molecule is CCCCC/C=C\C/C=C\CCCCCCCCCCCCCCCCCCCC(=O)OC(/C=C\CCCCCCCCCCCCC)C(COP(=O)(O)OCC[N+](C)(C)C)NC(=O)CCCCCCCCCCCCCCCCCC. The van der Waals surface area contributed by atoms with Crippen LogP contribution in [0.5, 0.6) is 0 Å². The molecule has 0 heterocycles. The molecule has 0 saturated carbocycles. The number of allylic oxidation sites excluding steroid dienone is 5. The number of ether oxygens (including phenoxy) is 1. The largest absolute Gasteiger partial charge is 0.472 e. The molecule has 0 rings (SSSR count). The van der Waals surface area contributed by atoms with E-state index in [0.29, 0.717) is 23.9 Å². The fraction of sp³-hybridized carbons (Fsp3) is 0.889. The van der Waals surface area contributed by atoms with Crippen LogP contribution in [-0.4, -0.2) is 74.3 Å². The van der Waals surface area contributed by atoms with Crippen LogP contribution >= 0.6 is 7.82 Å². The van der Waals surface area contributed by atoms with Crippen LogP contribution in [0.25, 0.3) is 0 Å². The molecule has 3 unspecified atom stereocenters. The Morgan fingerprint density at radius 1 is 0.427 bits per heavy atom. The van der Waals surface area contributed by atoms with Gasteiger partial charge in [-0.3, -0.25) is 18.6 Å². The molecule has 1 amide bonds. The lowest BCUT2D eigenvalue weighted by atomic mass is 10.0. The van der Waals surface area contributed by atoms with Crippen LogP contribution < -0.4 is 5.32 Å². The van der Waals surface area contributed by atoms with E-state index in [2.05, 4.69) is 56.5 Å². The lowest BCUT2D eigenvalue weighted by Gasteiger charge is -2.27. The maximum absolute atomic E-state index is 13.6. The van der Waals surface area contributed by atoms with Gasteiger partial charge in [0.1, 0.15) is 19.3 Å². The van der Waals surface area contributed by atoms with Crippen LogP contribution in [0.3, 0.4) is 0 Å². The van der Waals surface area contributed by atoms with E-state index in [1.54, 1.807) is 0 Å². The molecule has 0 aliphatic carbocycles. The molecule has 0 bridgehead atoms. The number of phosphoric ester groups is 1. The molecule has 0 aliphatic rings. The van der Waals surface area contributed by atoms with Crippen LogP contribution in [0.4, 0.5) is 0 Å². The van der Waals surface area contributed by atoms with E-state index >= 15 is 0 Å². The average Bonchev–Trinajstić information content (AvgIpc) is 3.45. The highest BCUT2D eigenvalue weighted by atomic mass is 31.2. The van der Waals surface area contributed by atoms with Crippen molar-refractivity contribution in [2.24, 2.45) is 0 Å². The highest BCUT2D eigenvalue weighted by molar-refractivity contribution is 7.47. The number of nitrogens with one attached hydrogen (secondary N) is 1. The third-order valence-electron chi connectivity index (χ3n) is 16.3. The van der Waals surface area contributed by atoms with Gasteiger partial charge in [-0.05, 0) is 63.9 Å². The Hall–Kier alpha value is -1.77. The topological polar surface area (TPSA) is 111 Å². The van der Waals surface area contributed by atoms with Gasteiger partial charge in [0.05, 0.1) is 33.8 Å². The number of amides is 1. The van der Waals surface area contributed by atoms with Gasteiger partial charge in [0.25, 0.3) is 0 Å². The molecular formula is C72H140N2O7P+. The highest BCUT2D eigenvalue weighted by Gasteiger charge is 2.30. The third-order valence-corrected chi connectivity index (χ3v) is 17.3. The zero-order chi connectivity index (χ0) is 60.0. The first-order valence-corrected chi connectivity index (χ1v) is 37.3. The quantitative estimate of drug-likeness (QED) is 0.0205. The summed E-state index contributed by atoms with van der Waals surface area (Å²) in [5.41, 5.74) is 0. The third kappa shape index (κ3) is 62.8. The normalized spacial score (nSPS) is 13.7. The second-order valence-electron chi connectivity index (χ2n) is 25.8. The summed E-state index contributed by atoms with van der Waals surface area (Å²) in [5.74, 6) is -0.483. The summed E-state index contributed by atoms with van der Waals surface area (Å²) in [6, 6.07) is -0.843. The number of carbonyl (C=O) groups is 2. The minimum atomic E-state index is -4.45. The Morgan fingerprint density at radius 3 is 1.12 bits per heavy atom. The molecule has 0 spiro atoms. The molecule has 3 atom stereocenters. The number of carbonyl (C=O) groups excluding carboxylic acids is 2. The van der Waals surface area contributed by atoms with Crippen molar-refractivity contribution in [1.82, 2.24) is 5.32 Å². The van der Waals surface area contributed by atoms with Crippen molar-refractivity contribution in [2.75, 3.05) is 40.9 Å². The zero-order valence-electron chi connectivity index (χ0n) is 55.5. The molecule has 0 radical (unpaired) electrons. The predicted octanol–water partition coefficient (Wildman–Crippen LogP) is 22.6. The minimum Gasteiger partial charge on any atom is -0.456 e. The van der Waals surface area contributed by atoms with Gasteiger partial charge in [-0.15, -0.1) is 0 Å². The van der Waals surface area contributed by atoms with E-state index in [1.807, 2.05) is 27.2 Å². The summed E-state index contributed by atoms with van der Waals surface area (Å²) in [7, 11) is 1.52. The molecule has 0 aromatic heterocycles. The number of phosphoric acid groups is 1. The molecule has 0 fully saturated rings. The van der Waals surface area contributed by atoms with Crippen LogP contribution in [0.15, 0.2) is 36.5 Å². The molecular weight excluding hydrogens is 1040 g/mol. The molecule has 484 valence electrons. The maximum Gasteiger partial charge on any atom is 0.472 e. The van der Waals surface area contributed by atoms with Crippen molar-refractivity contribution < 1.29 is 37.3 Å². The van der Waals surface area contributed by atoms with E-state index in [9.17, 15) is 19.0 Å². The Labute approximate surface area is 510 Å². The van der Waals surface area contributed by atoms with E-state index in [4.69, 9.17) is 13.8 Å². The van der Waals surface area contributed by atoms with Gasteiger partial charge < -0.3 is 19.4 Å². The summed E-state index contributed by atoms with van der Waals surface area (Å²) in [4.78, 5) is 37.9. The van der Waals surface area contributed by atoms with E-state index in [-0.39, 0.29) is 25.1 Å². The Bertz CT molecular complexity index is 1500. The van der Waals surface area contributed by atoms with Gasteiger partial charge in [0.2, 0.25) is 5.91 Å². The molecule has 10 heteroatoms. The van der Waals surface area contributed by atoms with Crippen molar-refractivity contribution in [3.63, 3.8) is 0 Å². The van der Waals surface area contributed by atoms with Gasteiger partial charge in [0.15, 0.2) is 0 Å². The maximum atomic E-state index is 13.6. The summed E-state index contributed by atoms with van der Waals surface area (Å²) >= 11 is 0. The van der Waals surface area contributed by atoms with Gasteiger partial charge in [-0.25, -0.2) is 4.57 Å². The fourth-order valence-electron chi connectivity index (χ4n) is 10.8. The highest BCUT2D eigenvalue weighted by Crippen LogP contribution is 2.43. The number of rotatable bonds is 66. The van der Waals surface area contributed by atoms with Crippen molar-refractivity contribution in [3.8, 4) is 0 Å². The van der Waals surface area contributed by atoms with Crippen molar-refractivity contribution >= 4 is 19.7 Å². The summed E-state index contributed by atoms with van der Waals surface area (Å²) < 4.78 is 30.8. The van der Waals surface area contributed by atoms with Crippen molar-refractivity contribution in [2.45, 2.75) is 373 Å². The summed E-state index contributed by atoms with van der Waals surface area (Å²) in [6.07, 6.45) is 77.3. The number of hydrogen-bond acceptors (Lipinski definition) is 6. The first kappa shape index (κ1) is 80.2. The second-order valence-corrected chi connectivity index (χ2v) is 27.2. The number of likely N-dealkylation sites (N-methyl/N-ethyl adjacent to an activating group) is 1. The molecule has 0 aliphatic heterocycles. The summed E-state index contributed by atoms with van der Waals surface area (Å²) in [5, 5.41) is 3.08. The number of quaternary nitrogens is 1. The molecule has 82 heavy (non-hydrogen) atoms. The van der Waals surface area contributed by atoms with E-state index in [1.165, 1.54) is 263 Å². The van der Waals surface area contributed by atoms with Gasteiger partial charge in [0, 0.05) is 12.8 Å². The van der Waals surface area contributed by atoms with Gasteiger partial charge in [-0.1, -0.05) is 321 Å². The first-order valence-electron chi connectivity index (χ1n) is 35.8. The van der Waals surface area contributed by atoms with Crippen LogP contribution in [0, 0.1) is 0 Å². The molecule has 9 nitrogen and oxygen atoms in total. The van der Waals surface area contributed by atoms with Crippen molar-refractivity contribution in [1.29, 1.82) is 0 Å². The number of unbranched alkanes of at least 4 members (excludes halogenated alkanes) is 46. The molecule has 0 aromatic carbocycles. The number of esters is 1. The van der Waals surface area contributed by atoms with Crippen LogP contribution in [0.2, 0.25) is 0 Å². The Kier molecular flexibility index (Phi) is 60.9.